The summed E-state index contributed by atoms with van der Waals surface area (Å²) in [6.45, 7) is -0.582. The number of amides is 2. The Bertz CT molecular complexity index is 1790. The fourth-order valence-electron chi connectivity index (χ4n) is 5.98. The number of ether oxygens (including phenoxy) is 1. The van der Waals surface area contributed by atoms with Crippen molar-refractivity contribution in [3.63, 3.8) is 0 Å². The van der Waals surface area contributed by atoms with Gasteiger partial charge in [0.25, 0.3) is 10.0 Å². The number of hydrogen-bond donors (Lipinski definition) is 1. The molecule has 1 aliphatic rings. The molecule has 252 valence electrons. The van der Waals surface area contributed by atoms with Crippen LogP contribution in [-0.4, -0.2) is 50.9 Å². The van der Waals surface area contributed by atoms with Crippen LogP contribution in [0.25, 0.3) is 0 Å². The smallest absolute Gasteiger partial charge is 0.264 e. The fourth-order valence-corrected chi connectivity index (χ4v) is 7.71. The molecule has 0 bridgehead atoms. The Balaban J connectivity index is 1.59. The summed E-state index contributed by atoms with van der Waals surface area (Å²) in [5, 5.41) is 4.00. The highest BCUT2D eigenvalue weighted by molar-refractivity contribution is 7.92. The van der Waals surface area contributed by atoms with E-state index in [1.165, 1.54) is 30.2 Å². The Labute approximate surface area is 292 Å². The quantitative estimate of drug-likeness (QED) is 0.158. The topological polar surface area (TPSA) is 96.0 Å². The maximum absolute atomic E-state index is 14.7. The van der Waals surface area contributed by atoms with Crippen molar-refractivity contribution in [3.05, 3.63) is 124 Å². The van der Waals surface area contributed by atoms with Crippen molar-refractivity contribution in [2.75, 3.05) is 18.0 Å². The van der Waals surface area contributed by atoms with E-state index in [9.17, 15) is 18.0 Å². The van der Waals surface area contributed by atoms with Gasteiger partial charge < -0.3 is 15.0 Å². The number of halogens is 2. The number of sulfonamides is 1. The summed E-state index contributed by atoms with van der Waals surface area (Å²) in [7, 11) is -2.89. The van der Waals surface area contributed by atoms with Crippen molar-refractivity contribution >= 4 is 50.7 Å². The van der Waals surface area contributed by atoms with E-state index in [4.69, 9.17) is 27.9 Å². The van der Waals surface area contributed by atoms with Crippen LogP contribution in [0, 0.1) is 0 Å². The number of benzene rings is 4. The van der Waals surface area contributed by atoms with Crippen LogP contribution in [0.1, 0.15) is 43.2 Å². The van der Waals surface area contributed by atoms with Crippen molar-refractivity contribution in [2.24, 2.45) is 0 Å². The van der Waals surface area contributed by atoms with E-state index >= 15 is 0 Å². The molecule has 5 rings (SSSR count). The van der Waals surface area contributed by atoms with Crippen LogP contribution >= 0.6 is 23.2 Å². The van der Waals surface area contributed by atoms with Gasteiger partial charge in [-0.15, -0.1) is 0 Å². The molecule has 1 fully saturated rings. The summed E-state index contributed by atoms with van der Waals surface area (Å²) in [5.74, 6) is -0.649. The first kappa shape index (κ1) is 35.3. The summed E-state index contributed by atoms with van der Waals surface area (Å²) in [4.78, 5) is 30.4. The standard InChI is InChI=1S/C37H39Cl2N3O5S/c1-47-35-22-21-30(39)24-33(35)42(48(45,46)32-15-9-4-10-16-32)26-36(43)41(25-28-17-19-29(38)20-18-28)34(23-27-11-5-2-6-12-27)37(44)40-31-13-7-3-8-14-31/h2,4-6,9-12,15-22,24,31,34H,3,7-8,13-14,23,25-26H2,1H3,(H,40,44)/t34-/m0/s1. The minimum absolute atomic E-state index is 0.00249. The van der Waals surface area contributed by atoms with Gasteiger partial charge in [0.05, 0.1) is 17.7 Å². The molecular formula is C37H39Cl2N3O5S. The molecule has 0 unspecified atom stereocenters. The van der Waals surface area contributed by atoms with E-state index in [-0.39, 0.29) is 46.3 Å². The lowest BCUT2D eigenvalue weighted by Gasteiger charge is -2.35. The molecule has 1 aliphatic carbocycles. The predicted molar refractivity (Wildman–Crippen MR) is 190 cm³/mol. The zero-order chi connectivity index (χ0) is 34.1. The molecule has 0 heterocycles. The van der Waals surface area contributed by atoms with Gasteiger partial charge in [-0.3, -0.25) is 13.9 Å². The van der Waals surface area contributed by atoms with E-state index in [1.54, 1.807) is 54.6 Å². The summed E-state index contributed by atoms with van der Waals surface area (Å²) < 4.78 is 35.1. The third kappa shape index (κ3) is 8.89. The molecule has 0 radical (unpaired) electrons. The molecule has 0 saturated heterocycles. The van der Waals surface area contributed by atoms with Gasteiger partial charge in [0, 0.05) is 29.1 Å². The SMILES string of the molecule is COc1ccc(Cl)cc1N(CC(=O)N(Cc1ccc(Cl)cc1)[C@@H](Cc1ccccc1)C(=O)NC1CCCCC1)S(=O)(=O)c1ccccc1. The number of carbonyl (C=O) groups excluding carboxylic acids is 2. The molecule has 0 aromatic heterocycles. The second-order valence-electron chi connectivity index (χ2n) is 11.8. The predicted octanol–water partition coefficient (Wildman–Crippen LogP) is 7.29. The zero-order valence-electron chi connectivity index (χ0n) is 26.7. The normalized spacial score (nSPS) is 14.1. The van der Waals surface area contributed by atoms with Crippen molar-refractivity contribution < 1.29 is 22.7 Å². The van der Waals surface area contributed by atoms with Gasteiger partial charge in [-0.05, 0) is 66.4 Å². The lowest BCUT2D eigenvalue weighted by atomic mass is 9.94. The first-order chi connectivity index (χ1) is 23.2. The van der Waals surface area contributed by atoms with E-state index in [0.29, 0.717) is 5.02 Å². The van der Waals surface area contributed by atoms with E-state index in [0.717, 1.165) is 47.5 Å². The molecule has 2 amide bonds. The molecule has 4 aromatic carbocycles. The van der Waals surface area contributed by atoms with Gasteiger partial charge in [0.2, 0.25) is 11.8 Å². The van der Waals surface area contributed by atoms with Gasteiger partial charge >= 0.3 is 0 Å². The molecule has 48 heavy (non-hydrogen) atoms. The minimum atomic E-state index is -4.31. The zero-order valence-corrected chi connectivity index (χ0v) is 29.1. The first-order valence-electron chi connectivity index (χ1n) is 16.0. The minimum Gasteiger partial charge on any atom is -0.495 e. The van der Waals surface area contributed by atoms with Crippen LogP contribution < -0.4 is 14.4 Å². The lowest BCUT2D eigenvalue weighted by Crippen LogP contribution is -2.55. The number of anilines is 1. The van der Waals surface area contributed by atoms with Crippen LogP contribution in [0.15, 0.2) is 108 Å². The van der Waals surface area contributed by atoms with Crippen molar-refractivity contribution in [1.29, 1.82) is 0 Å². The van der Waals surface area contributed by atoms with Crippen LogP contribution in [0.3, 0.4) is 0 Å². The molecular weight excluding hydrogens is 669 g/mol. The van der Waals surface area contributed by atoms with Gasteiger partial charge in [0.1, 0.15) is 18.3 Å². The van der Waals surface area contributed by atoms with Crippen molar-refractivity contribution in [1.82, 2.24) is 10.2 Å². The average molecular weight is 709 g/mol. The Hall–Kier alpha value is -4.05. The summed E-state index contributed by atoms with van der Waals surface area (Å²) in [6.07, 6.45) is 5.13. The Kier molecular flexibility index (Phi) is 12.0. The van der Waals surface area contributed by atoms with Gasteiger partial charge in [0.15, 0.2) is 0 Å². The third-order valence-electron chi connectivity index (χ3n) is 8.51. The Morgan fingerprint density at radius 1 is 0.833 bits per heavy atom. The van der Waals surface area contributed by atoms with Gasteiger partial charge in [-0.2, -0.15) is 0 Å². The second kappa shape index (κ2) is 16.4. The number of carbonyl (C=O) groups is 2. The summed E-state index contributed by atoms with van der Waals surface area (Å²) in [5.41, 5.74) is 1.69. The maximum atomic E-state index is 14.7. The average Bonchev–Trinajstić information content (AvgIpc) is 3.10. The van der Waals surface area contributed by atoms with E-state index in [2.05, 4.69) is 5.32 Å². The highest BCUT2D eigenvalue weighted by atomic mass is 35.5. The highest BCUT2D eigenvalue weighted by Crippen LogP contribution is 2.35. The third-order valence-corrected chi connectivity index (χ3v) is 10.8. The monoisotopic (exact) mass is 707 g/mol. The van der Waals surface area contributed by atoms with Crippen LogP contribution in [0.2, 0.25) is 10.0 Å². The molecule has 1 atom stereocenters. The molecule has 1 saturated carbocycles. The van der Waals surface area contributed by atoms with Crippen LogP contribution in [-0.2, 0) is 32.6 Å². The van der Waals surface area contributed by atoms with E-state index in [1.807, 2.05) is 30.3 Å². The molecule has 4 aromatic rings. The molecule has 8 nitrogen and oxygen atoms in total. The number of hydrogen-bond acceptors (Lipinski definition) is 5. The summed E-state index contributed by atoms with van der Waals surface area (Å²) in [6, 6.07) is 28.0. The Morgan fingerprint density at radius 3 is 2.10 bits per heavy atom. The number of rotatable bonds is 13. The number of nitrogens with zero attached hydrogens (tertiary/aromatic N) is 2. The first-order valence-corrected chi connectivity index (χ1v) is 18.1. The molecule has 0 aliphatic heterocycles. The molecule has 11 heteroatoms. The van der Waals surface area contributed by atoms with Gasteiger partial charge in [-0.25, -0.2) is 8.42 Å². The Morgan fingerprint density at radius 2 is 1.46 bits per heavy atom. The van der Waals surface area contributed by atoms with E-state index < -0.39 is 28.5 Å². The van der Waals surface area contributed by atoms with Gasteiger partial charge in [-0.1, -0.05) is 103 Å². The van der Waals surface area contributed by atoms with Crippen LogP contribution in [0.5, 0.6) is 5.75 Å². The maximum Gasteiger partial charge on any atom is 0.264 e. The largest absolute Gasteiger partial charge is 0.495 e. The summed E-state index contributed by atoms with van der Waals surface area (Å²) >= 11 is 12.6. The lowest BCUT2D eigenvalue weighted by molar-refractivity contribution is -0.140. The van der Waals surface area contributed by atoms with Crippen molar-refractivity contribution in [3.8, 4) is 5.75 Å². The second-order valence-corrected chi connectivity index (χ2v) is 14.6. The number of methoxy groups -OCH3 is 1. The highest BCUT2D eigenvalue weighted by Gasteiger charge is 2.36. The van der Waals surface area contributed by atoms with Crippen LogP contribution in [0.4, 0.5) is 5.69 Å². The number of nitrogens with one attached hydrogen (secondary N) is 1. The molecule has 0 spiro atoms. The van der Waals surface area contributed by atoms with Crippen molar-refractivity contribution in [2.45, 2.75) is 62.0 Å². The fraction of sp³-hybridized carbons (Fsp3) is 0.297. The molecule has 1 N–H and O–H groups in total.